The van der Waals surface area contributed by atoms with Crippen LogP contribution in [0.1, 0.15) is 33.9 Å². The number of aryl methyl sites for hydroxylation is 3. The second kappa shape index (κ2) is 5.89. The van der Waals surface area contributed by atoms with Gasteiger partial charge in [-0.2, -0.15) is 0 Å². The first-order valence-electron chi connectivity index (χ1n) is 6.47. The van der Waals surface area contributed by atoms with Gasteiger partial charge in [0.15, 0.2) is 0 Å². The summed E-state index contributed by atoms with van der Waals surface area (Å²) in [5, 5.41) is 10.4. The summed E-state index contributed by atoms with van der Waals surface area (Å²) in [7, 11) is 0. The summed E-state index contributed by atoms with van der Waals surface area (Å²) < 4.78 is 1.08. The number of halogens is 1. The van der Waals surface area contributed by atoms with Crippen molar-refractivity contribution < 1.29 is 5.11 Å². The Kier molecular flexibility index (Phi) is 4.43. The van der Waals surface area contributed by atoms with Crippen LogP contribution < -0.4 is 0 Å². The minimum atomic E-state index is -0.452. The van der Waals surface area contributed by atoms with Crippen molar-refractivity contribution in [2.24, 2.45) is 0 Å². The summed E-state index contributed by atoms with van der Waals surface area (Å²) in [4.78, 5) is 0. The molecule has 1 N–H and O–H groups in total. The van der Waals surface area contributed by atoms with Crippen molar-refractivity contribution in [3.63, 3.8) is 0 Å². The molecule has 19 heavy (non-hydrogen) atoms. The first kappa shape index (κ1) is 14.3. The summed E-state index contributed by atoms with van der Waals surface area (Å²) in [6, 6.07) is 12.4. The summed E-state index contributed by atoms with van der Waals surface area (Å²) in [6.07, 6.45) is 0.210. The van der Waals surface area contributed by atoms with Crippen LogP contribution >= 0.6 is 15.9 Å². The highest BCUT2D eigenvalue weighted by Crippen LogP contribution is 2.25. The molecular weight excluding hydrogens is 300 g/mol. The normalized spacial score (nSPS) is 12.5. The van der Waals surface area contributed by atoms with E-state index in [2.05, 4.69) is 48.0 Å². The minimum Gasteiger partial charge on any atom is -0.388 e. The van der Waals surface area contributed by atoms with Gasteiger partial charge in [-0.05, 0) is 49.1 Å². The molecule has 0 amide bonds. The third kappa shape index (κ3) is 3.46. The molecule has 1 atom stereocenters. The van der Waals surface area contributed by atoms with Gasteiger partial charge in [0.1, 0.15) is 0 Å². The Morgan fingerprint density at radius 1 is 1.00 bits per heavy atom. The fourth-order valence-electron chi connectivity index (χ4n) is 2.22. The van der Waals surface area contributed by atoms with Gasteiger partial charge in [-0.25, -0.2) is 0 Å². The average molecular weight is 319 g/mol. The van der Waals surface area contributed by atoms with Crippen LogP contribution in [0, 0.1) is 20.8 Å². The van der Waals surface area contributed by atoms with Crippen molar-refractivity contribution in [3.8, 4) is 0 Å². The monoisotopic (exact) mass is 318 g/mol. The fraction of sp³-hybridized carbons (Fsp3) is 0.294. The lowest BCUT2D eigenvalue weighted by Gasteiger charge is -2.14. The first-order chi connectivity index (χ1) is 8.97. The second-order valence-corrected chi connectivity index (χ2v) is 6.01. The summed E-state index contributed by atoms with van der Waals surface area (Å²) in [6.45, 7) is 6.21. The van der Waals surface area contributed by atoms with Gasteiger partial charge >= 0.3 is 0 Å². The number of hydrogen-bond donors (Lipinski definition) is 1. The number of benzene rings is 2. The molecule has 0 aromatic heterocycles. The summed E-state index contributed by atoms with van der Waals surface area (Å²) >= 11 is 3.48. The first-order valence-corrected chi connectivity index (χ1v) is 7.27. The molecule has 0 heterocycles. The number of hydrogen-bond acceptors (Lipinski definition) is 1. The van der Waals surface area contributed by atoms with Gasteiger partial charge < -0.3 is 5.11 Å². The lowest BCUT2D eigenvalue weighted by molar-refractivity contribution is 0.178. The lowest BCUT2D eigenvalue weighted by Crippen LogP contribution is -2.04. The van der Waals surface area contributed by atoms with Crippen molar-refractivity contribution >= 4 is 15.9 Å². The van der Waals surface area contributed by atoms with E-state index in [-0.39, 0.29) is 0 Å². The minimum absolute atomic E-state index is 0.452. The third-order valence-corrected chi connectivity index (χ3v) is 4.37. The molecule has 0 aliphatic carbocycles. The van der Waals surface area contributed by atoms with Crippen molar-refractivity contribution in [3.05, 3.63) is 68.7 Å². The molecule has 2 rings (SSSR count). The summed E-state index contributed by atoms with van der Waals surface area (Å²) in [5.74, 6) is 0. The van der Waals surface area contributed by atoms with Crippen LogP contribution in [0.4, 0.5) is 0 Å². The number of rotatable bonds is 3. The zero-order chi connectivity index (χ0) is 14.0. The van der Waals surface area contributed by atoms with E-state index in [0.717, 1.165) is 15.6 Å². The zero-order valence-electron chi connectivity index (χ0n) is 11.6. The Labute approximate surface area is 123 Å². The molecule has 0 fully saturated rings. The fourth-order valence-corrected chi connectivity index (χ4v) is 2.47. The van der Waals surface area contributed by atoms with Gasteiger partial charge in [0.25, 0.3) is 0 Å². The Morgan fingerprint density at radius 2 is 1.74 bits per heavy atom. The molecule has 1 nitrogen and oxygen atoms in total. The second-order valence-electron chi connectivity index (χ2n) is 5.16. The van der Waals surface area contributed by atoms with Crippen LogP contribution in [0.3, 0.4) is 0 Å². The Morgan fingerprint density at radius 3 is 2.42 bits per heavy atom. The van der Waals surface area contributed by atoms with Crippen LogP contribution in [0.15, 0.2) is 40.9 Å². The van der Waals surface area contributed by atoms with E-state index in [0.29, 0.717) is 6.42 Å². The van der Waals surface area contributed by atoms with Crippen molar-refractivity contribution in [2.75, 3.05) is 0 Å². The average Bonchev–Trinajstić information content (AvgIpc) is 2.37. The van der Waals surface area contributed by atoms with Crippen molar-refractivity contribution in [1.29, 1.82) is 0 Å². The van der Waals surface area contributed by atoms with Gasteiger partial charge in [0.05, 0.1) is 6.10 Å². The molecular formula is C17H19BrO. The Balaban J connectivity index is 2.22. The highest BCUT2D eigenvalue weighted by atomic mass is 79.9. The quantitative estimate of drug-likeness (QED) is 0.873. The molecule has 1 unspecified atom stereocenters. The Hall–Kier alpha value is -1.12. The third-order valence-electron chi connectivity index (χ3n) is 3.48. The number of aliphatic hydroxyl groups excluding tert-OH is 1. The van der Waals surface area contributed by atoms with Crippen LogP contribution in [-0.2, 0) is 6.42 Å². The van der Waals surface area contributed by atoms with E-state index in [4.69, 9.17) is 0 Å². The highest BCUT2D eigenvalue weighted by Gasteiger charge is 2.11. The van der Waals surface area contributed by atoms with Crippen LogP contribution in [0.2, 0.25) is 0 Å². The smallest absolute Gasteiger partial charge is 0.0830 e. The van der Waals surface area contributed by atoms with Gasteiger partial charge in [-0.1, -0.05) is 51.8 Å². The SMILES string of the molecule is Cc1ccc(C)c(CC(O)c2ccc(Br)c(C)c2)c1. The zero-order valence-corrected chi connectivity index (χ0v) is 13.2. The van der Waals surface area contributed by atoms with Crippen molar-refractivity contribution in [2.45, 2.75) is 33.3 Å². The van der Waals surface area contributed by atoms with Crippen LogP contribution in [-0.4, -0.2) is 5.11 Å². The maximum absolute atomic E-state index is 10.4. The van der Waals surface area contributed by atoms with Crippen molar-refractivity contribution in [1.82, 2.24) is 0 Å². The Bertz CT molecular complexity index is 590. The van der Waals surface area contributed by atoms with Crippen LogP contribution in [0.25, 0.3) is 0 Å². The van der Waals surface area contributed by atoms with Gasteiger partial charge in [0.2, 0.25) is 0 Å². The molecule has 2 aromatic rings. The highest BCUT2D eigenvalue weighted by molar-refractivity contribution is 9.10. The number of aliphatic hydroxyl groups is 1. The van der Waals surface area contributed by atoms with E-state index in [9.17, 15) is 5.11 Å². The molecule has 0 aliphatic heterocycles. The van der Waals surface area contributed by atoms with Gasteiger partial charge in [0, 0.05) is 10.9 Å². The maximum atomic E-state index is 10.4. The predicted molar refractivity (Wildman–Crippen MR) is 83.5 cm³/mol. The lowest BCUT2D eigenvalue weighted by atomic mass is 9.96. The standard InChI is InChI=1S/C17H19BrO/c1-11-4-5-12(2)15(8-11)10-17(19)14-6-7-16(18)13(3)9-14/h4-9,17,19H,10H2,1-3H3. The molecule has 2 heteroatoms. The van der Waals surface area contributed by atoms with E-state index in [1.54, 1.807) is 0 Å². The summed E-state index contributed by atoms with van der Waals surface area (Å²) in [5.41, 5.74) is 5.81. The molecule has 0 aliphatic rings. The van der Waals surface area contributed by atoms with Crippen LogP contribution in [0.5, 0.6) is 0 Å². The van der Waals surface area contributed by atoms with Gasteiger partial charge in [-0.15, -0.1) is 0 Å². The maximum Gasteiger partial charge on any atom is 0.0830 e. The molecule has 0 bridgehead atoms. The van der Waals surface area contributed by atoms with E-state index < -0.39 is 6.10 Å². The molecule has 2 aromatic carbocycles. The van der Waals surface area contributed by atoms with Gasteiger partial charge in [-0.3, -0.25) is 0 Å². The molecule has 0 saturated heterocycles. The molecule has 0 spiro atoms. The topological polar surface area (TPSA) is 20.2 Å². The largest absolute Gasteiger partial charge is 0.388 e. The molecule has 0 radical (unpaired) electrons. The predicted octanol–water partition coefficient (Wildman–Crippen LogP) is 4.65. The van der Waals surface area contributed by atoms with E-state index >= 15 is 0 Å². The molecule has 100 valence electrons. The van der Waals surface area contributed by atoms with E-state index in [1.165, 1.54) is 16.7 Å². The van der Waals surface area contributed by atoms with E-state index in [1.807, 2.05) is 25.1 Å². The molecule has 0 saturated carbocycles.